The van der Waals surface area contributed by atoms with Crippen LogP contribution in [0, 0.1) is 0 Å². The first kappa shape index (κ1) is 13.1. The van der Waals surface area contributed by atoms with E-state index >= 15 is 0 Å². The molecule has 0 bridgehead atoms. The van der Waals surface area contributed by atoms with E-state index < -0.39 is 0 Å². The summed E-state index contributed by atoms with van der Waals surface area (Å²) in [5.74, 6) is 0. The first-order chi connectivity index (χ1) is 5.92. The molecular formula is C11H14BrNO. The minimum absolute atomic E-state index is 0. The lowest BCUT2D eigenvalue weighted by molar-refractivity contribution is -0.667. The Hall–Kier alpha value is -0.930. The second-order valence-corrected chi connectivity index (χ2v) is 2.85. The highest BCUT2D eigenvalue weighted by atomic mass is 79.9. The SMILES string of the molecule is CC[n+]1cccc2ccccc21.O.[Br-]. The van der Waals surface area contributed by atoms with Gasteiger partial charge in [0.1, 0.15) is 6.54 Å². The molecule has 0 amide bonds. The number of aromatic nitrogens is 1. The molecule has 2 nitrogen and oxygen atoms in total. The van der Waals surface area contributed by atoms with Crippen molar-refractivity contribution in [1.29, 1.82) is 0 Å². The van der Waals surface area contributed by atoms with Gasteiger partial charge in [-0.25, -0.2) is 0 Å². The molecule has 2 rings (SSSR count). The molecule has 1 heterocycles. The lowest BCUT2D eigenvalue weighted by atomic mass is 10.2. The van der Waals surface area contributed by atoms with E-state index in [4.69, 9.17) is 0 Å². The molecule has 0 unspecified atom stereocenters. The van der Waals surface area contributed by atoms with Crippen molar-refractivity contribution in [2.45, 2.75) is 13.5 Å². The number of pyridine rings is 1. The van der Waals surface area contributed by atoms with Gasteiger partial charge in [0.25, 0.3) is 0 Å². The first-order valence-corrected chi connectivity index (χ1v) is 4.29. The molecule has 2 N–H and O–H groups in total. The van der Waals surface area contributed by atoms with E-state index in [0.29, 0.717) is 0 Å². The standard InChI is InChI=1S/C11H12N.BrH.H2O/c1-2-12-9-5-7-10-6-3-4-8-11(10)12;;/h3-9H,2H2,1H3;1H;1H2/q+1;;/p-1. The maximum atomic E-state index is 2.25. The van der Waals surface area contributed by atoms with Gasteiger partial charge in [-0.1, -0.05) is 12.1 Å². The third-order valence-corrected chi connectivity index (χ3v) is 2.13. The average molecular weight is 256 g/mol. The van der Waals surface area contributed by atoms with Gasteiger partial charge < -0.3 is 22.5 Å². The average Bonchev–Trinajstić information content (AvgIpc) is 2.17. The van der Waals surface area contributed by atoms with Crippen LogP contribution in [0.3, 0.4) is 0 Å². The topological polar surface area (TPSA) is 35.4 Å². The van der Waals surface area contributed by atoms with Crippen LogP contribution in [0.4, 0.5) is 0 Å². The fourth-order valence-corrected chi connectivity index (χ4v) is 1.50. The fraction of sp³-hybridized carbons (Fsp3) is 0.182. The monoisotopic (exact) mass is 255 g/mol. The zero-order chi connectivity index (χ0) is 8.39. The van der Waals surface area contributed by atoms with Crippen molar-refractivity contribution in [2.24, 2.45) is 0 Å². The van der Waals surface area contributed by atoms with Crippen LogP contribution in [0.15, 0.2) is 42.6 Å². The number of para-hydroxylation sites is 1. The molecule has 76 valence electrons. The third-order valence-electron chi connectivity index (χ3n) is 2.13. The Morgan fingerprint density at radius 2 is 1.71 bits per heavy atom. The van der Waals surface area contributed by atoms with Gasteiger partial charge in [0.05, 0.1) is 0 Å². The number of rotatable bonds is 1. The summed E-state index contributed by atoms with van der Waals surface area (Å²) in [7, 11) is 0. The zero-order valence-electron chi connectivity index (χ0n) is 8.07. The lowest BCUT2D eigenvalue weighted by Gasteiger charge is -1.96. The van der Waals surface area contributed by atoms with Crippen molar-refractivity contribution in [3.05, 3.63) is 42.6 Å². The van der Waals surface area contributed by atoms with Gasteiger partial charge in [-0.3, -0.25) is 0 Å². The van der Waals surface area contributed by atoms with Crippen LogP contribution in [-0.4, -0.2) is 5.48 Å². The van der Waals surface area contributed by atoms with E-state index in [-0.39, 0.29) is 22.5 Å². The van der Waals surface area contributed by atoms with Crippen LogP contribution < -0.4 is 21.5 Å². The Kier molecular flexibility index (Phi) is 5.35. The Morgan fingerprint density at radius 3 is 2.43 bits per heavy atom. The Labute approximate surface area is 94.3 Å². The van der Waals surface area contributed by atoms with E-state index in [0.717, 1.165) is 6.54 Å². The van der Waals surface area contributed by atoms with E-state index in [1.807, 2.05) is 0 Å². The van der Waals surface area contributed by atoms with Crippen molar-refractivity contribution < 1.29 is 27.0 Å². The number of benzene rings is 1. The summed E-state index contributed by atoms with van der Waals surface area (Å²) in [4.78, 5) is 0. The Balaban J connectivity index is 0.000000845. The second kappa shape index (κ2) is 5.73. The molecule has 14 heavy (non-hydrogen) atoms. The minimum atomic E-state index is 0. The van der Waals surface area contributed by atoms with Crippen molar-refractivity contribution >= 4 is 10.9 Å². The maximum Gasteiger partial charge on any atom is 0.212 e. The molecule has 0 radical (unpaired) electrons. The molecule has 0 saturated carbocycles. The summed E-state index contributed by atoms with van der Waals surface area (Å²) in [6.07, 6.45) is 2.11. The number of aryl methyl sites for hydroxylation is 1. The van der Waals surface area contributed by atoms with Crippen LogP contribution in [0.25, 0.3) is 10.9 Å². The van der Waals surface area contributed by atoms with Gasteiger partial charge in [-0.2, -0.15) is 4.57 Å². The molecule has 1 aromatic heterocycles. The number of nitrogens with zero attached hydrogens (tertiary/aromatic N) is 1. The molecule has 0 atom stereocenters. The van der Waals surface area contributed by atoms with Crippen LogP contribution in [0.2, 0.25) is 0 Å². The summed E-state index contributed by atoms with van der Waals surface area (Å²) in [5, 5.41) is 1.31. The largest absolute Gasteiger partial charge is 1.00 e. The van der Waals surface area contributed by atoms with Crippen molar-refractivity contribution in [3.8, 4) is 0 Å². The number of hydrogen-bond acceptors (Lipinski definition) is 0. The first-order valence-electron chi connectivity index (χ1n) is 4.29. The predicted octanol–water partition coefficient (Wildman–Crippen LogP) is -1.67. The molecule has 0 saturated heterocycles. The van der Waals surface area contributed by atoms with E-state index in [9.17, 15) is 0 Å². The smallest absolute Gasteiger partial charge is 0.212 e. The van der Waals surface area contributed by atoms with Crippen molar-refractivity contribution in [1.82, 2.24) is 0 Å². The van der Waals surface area contributed by atoms with Crippen LogP contribution >= 0.6 is 0 Å². The fourth-order valence-electron chi connectivity index (χ4n) is 1.50. The third kappa shape index (κ3) is 2.30. The van der Waals surface area contributed by atoms with Crippen molar-refractivity contribution in [3.63, 3.8) is 0 Å². The summed E-state index contributed by atoms with van der Waals surface area (Å²) in [6, 6.07) is 12.7. The van der Waals surface area contributed by atoms with Gasteiger partial charge >= 0.3 is 0 Å². The van der Waals surface area contributed by atoms with Gasteiger partial charge in [-0.15, -0.1) is 0 Å². The van der Waals surface area contributed by atoms with Crippen molar-refractivity contribution in [2.75, 3.05) is 0 Å². The van der Waals surface area contributed by atoms with Crippen LogP contribution in [0.5, 0.6) is 0 Å². The van der Waals surface area contributed by atoms with Gasteiger partial charge in [0.2, 0.25) is 5.52 Å². The summed E-state index contributed by atoms with van der Waals surface area (Å²) in [5.41, 5.74) is 1.31. The quantitative estimate of drug-likeness (QED) is 0.547. The number of fused-ring (bicyclic) bond motifs is 1. The summed E-state index contributed by atoms with van der Waals surface area (Å²) < 4.78 is 2.25. The highest BCUT2D eigenvalue weighted by Crippen LogP contribution is 2.07. The zero-order valence-corrected chi connectivity index (χ0v) is 9.66. The second-order valence-electron chi connectivity index (χ2n) is 2.85. The minimum Gasteiger partial charge on any atom is -1.00 e. The van der Waals surface area contributed by atoms with E-state index in [1.54, 1.807) is 0 Å². The van der Waals surface area contributed by atoms with Crippen LogP contribution in [-0.2, 0) is 6.54 Å². The molecule has 3 heteroatoms. The van der Waals surface area contributed by atoms with Gasteiger partial charge in [0, 0.05) is 17.5 Å². The molecule has 1 aromatic carbocycles. The normalized spacial score (nSPS) is 8.93. The van der Waals surface area contributed by atoms with E-state index in [1.165, 1.54) is 10.9 Å². The molecular weight excluding hydrogens is 242 g/mol. The lowest BCUT2D eigenvalue weighted by Crippen LogP contribution is -3.00. The number of hydrogen-bond donors (Lipinski definition) is 0. The number of halogens is 1. The molecule has 0 spiro atoms. The predicted molar refractivity (Wildman–Crippen MR) is 53.4 cm³/mol. The molecule has 0 aliphatic heterocycles. The maximum absolute atomic E-state index is 2.25. The molecule has 0 aliphatic rings. The highest BCUT2D eigenvalue weighted by Gasteiger charge is 2.02. The van der Waals surface area contributed by atoms with E-state index in [2.05, 4.69) is 54.1 Å². The van der Waals surface area contributed by atoms with Crippen LogP contribution in [0.1, 0.15) is 6.92 Å². The summed E-state index contributed by atoms with van der Waals surface area (Å²) in [6.45, 7) is 3.19. The molecule has 0 aliphatic carbocycles. The van der Waals surface area contributed by atoms with Gasteiger partial charge in [0.15, 0.2) is 6.20 Å². The highest BCUT2D eigenvalue weighted by molar-refractivity contribution is 5.74. The Bertz CT molecular complexity index is 398. The summed E-state index contributed by atoms with van der Waals surface area (Å²) >= 11 is 0. The van der Waals surface area contributed by atoms with Gasteiger partial charge in [-0.05, 0) is 19.1 Å². The Morgan fingerprint density at radius 1 is 1.07 bits per heavy atom. The molecule has 2 aromatic rings. The molecule has 0 fully saturated rings.